The molecule has 134 valence electrons. The van der Waals surface area contributed by atoms with Gasteiger partial charge in [0.15, 0.2) is 0 Å². The molecular formula is C18H26N6O. The summed E-state index contributed by atoms with van der Waals surface area (Å²) in [5.41, 5.74) is 1.87. The van der Waals surface area contributed by atoms with E-state index in [4.69, 9.17) is 0 Å². The Morgan fingerprint density at radius 3 is 2.76 bits per heavy atom. The van der Waals surface area contributed by atoms with Crippen molar-refractivity contribution in [3.05, 3.63) is 41.9 Å². The van der Waals surface area contributed by atoms with E-state index in [1.165, 1.54) is 25.7 Å². The molecule has 7 heteroatoms. The van der Waals surface area contributed by atoms with E-state index in [0.29, 0.717) is 19.1 Å². The predicted molar refractivity (Wildman–Crippen MR) is 97.4 cm³/mol. The van der Waals surface area contributed by atoms with E-state index in [2.05, 4.69) is 20.7 Å². The zero-order chi connectivity index (χ0) is 17.6. The second kappa shape index (κ2) is 8.00. The highest BCUT2D eigenvalue weighted by Crippen LogP contribution is 2.28. The molecule has 2 heterocycles. The number of carbonyl (C=O) groups is 1. The summed E-state index contributed by atoms with van der Waals surface area (Å²) >= 11 is 0. The molecule has 0 unspecified atom stereocenters. The molecule has 2 aromatic rings. The molecule has 2 amide bonds. The van der Waals surface area contributed by atoms with Crippen molar-refractivity contribution in [2.45, 2.75) is 44.8 Å². The largest absolute Gasteiger partial charge is 0.362 e. The number of nitrogens with one attached hydrogen (secondary N) is 2. The van der Waals surface area contributed by atoms with E-state index in [-0.39, 0.29) is 6.03 Å². The fraction of sp³-hybridized carbons (Fsp3) is 0.500. The number of hydrogen-bond acceptors (Lipinski definition) is 4. The highest BCUT2D eigenvalue weighted by molar-refractivity contribution is 5.74. The van der Waals surface area contributed by atoms with Crippen LogP contribution in [0.3, 0.4) is 0 Å². The van der Waals surface area contributed by atoms with Crippen LogP contribution in [-0.2, 0) is 13.1 Å². The second-order valence-electron chi connectivity index (χ2n) is 6.64. The molecule has 1 fully saturated rings. The first-order valence-electron chi connectivity index (χ1n) is 8.80. The monoisotopic (exact) mass is 342 g/mol. The fourth-order valence-electron chi connectivity index (χ4n) is 3.22. The predicted octanol–water partition coefficient (Wildman–Crippen LogP) is 2.46. The maximum absolute atomic E-state index is 12.0. The maximum atomic E-state index is 12.0. The van der Waals surface area contributed by atoms with E-state index in [9.17, 15) is 4.79 Å². The van der Waals surface area contributed by atoms with Gasteiger partial charge in [0.1, 0.15) is 5.82 Å². The number of aromatic nitrogens is 3. The molecule has 1 aliphatic carbocycles. The lowest BCUT2D eigenvalue weighted by atomic mass is 10.2. The van der Waals surface area contributed by atoms with Crippen LogP contribution in [0.5, 0.6) is 0 Å². The van der Waals surface area contributed by atoms with Crippen LogP contribution in [0.1, 0.15) is 43.0 Å². The summed E-state index contributed by atoms with van der Waals surface area (Å²) in [5, 5.41) is 10.3. The van der Waals surface area contributed by atoms with Gasteiger partial charge in [-0.15, -0.1) is 0 Å². The molecule has 0 aliphatic heterocycles. The molecule has 0 radical (unpaired) electrons. The number of nitrogens with zero attached hydrogens (tertiary/aromatic N) is 4. The normalized spacial score (nSPS) is 14.5. The van der Waals surface area contributed by atoms with E-state index in [1.807, 2.05) is 48.1 Å². The van der Waals surface area contributed by atoms with E-state index in [0.717, 1.165) is 17.1 Å². The molecule has 0 spiro atoms. The van der Waals surface area contributed by atoms with Gasteiger partial charge in [-0.3, -0.25) is 4.68 Å². The van der Waals surface area contributed by atoms with E-state index >= 15 is 0 Å². The van der Waals surface area contributed by atoms with Crippen LogP contribution in [0.15, 0.2) is 30.6 Å². The quantitative estimate of drug-likeness (QED) is 0.846. The Bertz CT molecular complexity index is 705. The Hall–Kier alpha value is -2.57. The third-order valence-corrected chi connectivity index (χ3v) is 4.52. The van der Waals surface area contributed by atoms with Crippen molar-refractivity contribution in [2.75, 3.05) is 19.0 Å². The lowest BCUT2D eigenvalue weighted by molar-refractivity contribution is 0.240. The van der Waals surface area contributed by atoms with Gasteiger partial charge in [-0.05, 0) is 25.0 Å². The number of anilines is 1. The first kappa shape index (κ1) is 17.3. The number of hydrogen-bond donors (Lipinski definition) is 2. The summed E-state index contributed by atoms with van der Waals surface area (Å²) in [6.07, 6.45) is 8.74. The summed E-state index contributed by atoms with van der Waals surface area (Å²) in [7, 11) is 3.87. The zero-order valence-electron chi connectivity index (χ0n) is 14.9. The third kappa shape index (κ3) is 4.49. The number of urea groups is 1. The molecule has 1 aliphatic rings. The Morgan fingerprint density at radius 2 is 2.00 bits per heavy atom. The summed E-state index contributed by atoms with van der Waals surface area (Å²) in [5.74, 6) is 0.859. The molecule has 2 aromatic heterocycles. The highest BCUT2D eigenvalue weighted by atomic mass is 16.2. The molecule has 7 nitrogen and oxygen atoms in total. The Morgan fingerprint density at radius 1 is 1.24 bits per heavy atom. The molecule has 25 heavy (non-hydrogen) atoms. The average Bonchev–Trinajstić information content (AvgIpc) is 3.29. The molecule has 0 bridgehead atoms. The summed E-state index contributed by atoms with van der Waals surface area (Å²) < 4.78 is 2.04. The van der Waals surface area contributed by atoms with Crippen molar-refractivity contribution in [1.29, 1.82) is 0 Å². The highest BCUT2D eigenvalue weighted by Gasteiger charge is 2.17. The van der Waals surface area contributed by atoms with Gasteiger partial charge in [-0.1, -0.05) is 18.9 Å². The summed E-state index contributed by atoms with van der Waals surface area (Å²) in [6, 6.07) is 6.13. The van der Waals surface area contributed by atoms with Crippen LogP contribution < -0.4 is 15.5 Å². The van der Waals surface area contributed by atoms with Gasteiger partial charge in [0.2, 0.25) is 0 Å². The third-order valence-electron chi connectivity index (χ3n) is 4.52. The van der Waals surface area contributed by atoms with Crippen LogP contribution in [0.4, 0.5) is 10.6 Å². The van der Waals surface area contributed by atoms with E-state index in [1.54, 1.807) is 6.20 Å². The molecule has 0 aromatic carbocycles. The minimum atomic E-state index is -0.205. The Kier molecular flexibility index (Phi) is 5.53. The van der Waals surface area contributed by atoms with Gasteiger partial charge in [-0.2, -0.15) is 5.10 Å². The Labute approximate surface area is 148 Å². The fourth-order valence-corrected chi connectivity index (χ4v) is 3.22. The van der Waals surface area contributed by atoms with Crippen molar-refractivity contribution in [1.82, 2.24) is 25.4 Å². The van der Waals surface area contributed by atoms with E-state index < -0.39 is 0 Å². The number of pyridine rings is 1. The average molecular weight is 342 g/mol. The van der Waals surface area contributed by atoms with Crippen molar-refractivity contribution >= 4 is 11.8 Å². The lowest BCUT2D eigenvalue weighted by Gasteiger charge is -2.16. The number of carbonyl (C=O) groups excluding carboxylic acids is 1. The summed E-state index contributed by atoms with van der Waals surface area (Å²) in [6.45, 7) is 0.864. The van der Waals surface area contributed by atoms with Crippen LogP contribution >= 0.6 is 0 Å². The molecule has 2 N–H and O–H groups in total. The first-order chi connectivity index (χ1) is 12.1. The van der Waals surface area contributed by atoms with Crippen LogP contribution in [0.2, 0.25) is 0 Å². The van der Waals surface area contributed by atoms with Crippen LogP contribution in [0, 0.1) is 0 Å². The van der Waals surface area contributed by atoms with Gasteiger partial charge in [-0.25, -0.2) is 9.78 Å². The topological polar surface area (TPSA) is 75.1 Å². The zero-order valence-corrected chi connectivity index (χ0v) is 14.9. The smallest absolute Gasteiger partial charge is 0.315 e. The molecule has 0 atom stereocenters. The summed E-state index contributed by atoms with van der Waals surface area (Å²) in [4.78, 5) is 18.3. The molecule has 0 saturated heterocycles. The van der Waals surface area contributed by atoms with Gasteiger partial charge < -0.3 is 15.5 Å². The minimum Gasteiger partial charge on any atom is -0.362 e. The van der Waals surface area contributed by atoms with Gasteiger partial charge in [0, 0.05) is 38.6 Å². The van der Waals surface area contributed by atoms with Crippen molar-refractivity contribution in [2.24, 2.45) is 0 Å². The molecule has 1 saturated carbocycles. The van der Waals surface area contributed by atoms with Crippen molar-refractivity contribution in [3.8, 4) is 0 Å². The van der Waals surface area contributed by atoms with Gasteiger partial charge in [0.05, 0.1) is 18.3 Å². The molecular weight excluding hydrogens is 316 g/mol. The standard InChI is InChI=1S/C18H26N6O/c1-23(2)17-14(6-5-10-19-17)12-20-18(25)21-13-15-9-11-24(22-15)16-7-3-4-8-16/h5-6,9-11,16H,3-4,7-8,12-13H2,1-2H3,(H2,20,21,25). The molecule has 3 rings (SSSR count). The van der Waals surface area contributed by atoms with Gasteiger partial charge in [0.25, 0.3) is 0 Å². The van der Waals surface area contributed by atoms with Crippen LogP contribution in [-0.4, -0.2) is 34.9 Å². The number of amides is 2. The van der Waals surface area contributed by atoms with Crippen LogP contribution in [0.25, 0.3) is 0 Å². The van der Waals surface area contributed by atoms with Gasteiger partial charge >= 0.3 is 6.03 Å². The van der Waals surface area contributed by atoms with Crippen molar-refractivity contribution in [3.63, 3.8) is 0 Å². The second-order valence-corrected chi connectivity index (χ2v) is 6.64. The first-order valence-corrected chi connectivity index (χ1v) is 8.80. The van der Waals surface area contributed by atoms with Crippen molar-refractivity contribution < 1.29 is 4.79 Å². The lowest BCUT2D eigenvalue weighted by Crippen LogP contribution is -2.35. The SMILES string of the molecule is CN(C)c1ncccc1CNC(=O)NCc1ccn(C2CCCC2)n1. The maximum Gasteiger partial charge on any atom is 0.315 e. The number of rotatable bonds is 6. The Balaban J connectivity index is 1.47. The minimum absolute atomic E-state index is 0.205.